The Kier molecular flexibility index (Phi) is 5.99. The number of thioether (sulfide) groups is 1. The lowest BCUT2D eigenvalue weighted by molar-refractivity contribution is -0.139. The van der Waals surface area contributed by atoms with E-state index in [9.17, 15) is 13.6 Å². The largest absolute Gasteiger partial charge is 0.468 e. The van der Waals surface area contributed by atoms with E-state index in [1.807, 2.05) is 0 Å². The fourth-order valence-electron chi connectivity index (χ4n) is 1.10. The molecule has 1 rings (SSSR count). The Morgan fingerprint density at radius 1 is 1.53 bits per heavy atom. The highest BCUT2D eigenvalue weighted by molar-refractivity contribution is 7.98. The molecule has 0 unspecified atom stereocenters. The number of halogens is 2. The van der Waals surface area contributed by atoms with Gasteiger partial charge in [0.1, 0.15) is 11.5 Å². The van der Waals surface area contributed by atoms with Crippen molar-refractivity contribution in [1.29, 1.82) is 0 Å². The fraction of sp³-hybridized carbons (Fsp3) is 0.500. The van der Waals surface area contributed by atoms with Gasteiger partial charge < -0.3 is 9.15 Å². The van der Waals surface area contributed by atoms with Gasteiger partial charge in [0.25, 0.3) is 5.76 Å². The number of hydrogen-bond acceptors (Lipinski definition) is 5. The molecular weight excluding hydrogens is 252 g/mol. The van der Waals surface area contributed by atoms with Crippen molar-refractivity contribution < 1.29 is 22.7 Å². The van der Waals surface area contributed by atoms with Gasteiger partial charge in [-0.3, -0.25) is 10.1 Å². The number of alkyl halides is 2. The third kappa shape index (κ3) is 5.69. The number of carbonyl (C=O) groups is 1. The van der Waals surface area contributed by atoms with Gasteiger partial charge in [-0.05, 0) is 12.1 Å². The van der Waals surface area contributed by atoms with Crippen molar-refractivity contribution in [3.8, 4) is 0 Å². The van der Waals surface area contributed by atoms with Crippen LogP contribution in [-0.4, -0.2) is 25.4 Å². The molecule has 17 heavy (non-hydrogen) atoms. The smallest absolute Gasteiger partial charge is 0.319 e. The summed E-state index contributed by atoms with van der Waals surface area (Å²) < 4.78 is 33.6. The van der Waals surface area contributed by atoms with Crippen LogP contribution in [0.1, 0.15) is 11.5 Å². The first kappa shape index (κ1) is 14.0. The van der Waals surface area contributed by atoms with Crippen molar-refractivity contribution in [1.82, 2.24) is 5.32 Å². The molecule has 0 atom stereocenters. The summed E-state index contributed by atoms with van der Waals surface area (Å²) in [5, 5.41) is 2.81. The first-order chi connectivity index (χ1) is 8.11. The standard InChI is InChI=1S/C10H13F2NO3S/c1-15-9(14)5-13-4-7-2-3-8(16-7)6-17-10(11)12/h2-3,10,13H,4-6H2,1H3. The van der Waals surface area contributed by atoms with Crippen LogP contribution in [0.3, 0.4) is 0 Å². The number of ether oxygens (including phenoxy) is 1. The molecule has 0 aliphatic carbocycles. The normalized spacial score (nSPS) is 10.8. The molecule has 1 aromatic heterocycles. The highest BCUT2D eigenvalue weighted by Gasteiger charge is 2.07. The van der Waals surface area contributed by atoms with Crippen LogP contribution in [-0.2, 0) is 21.8 Å². The Labute approximate surface area is 102 Å². The number of esters is 1. The van der Waals surface area contributed by atoms with E-state index in [0.717, 1.165) is 0 Å². The molecule has 7 heteroatoms. The van der Waals surface area contributed by atoms with Gasteiger partial charge >= 0.3 is 5.97 Å². The second-order valence-corrected chi connectivity index (χ2v) is 4.10. The molecule has 1 aromatic rings. The second kappa shape index (κ2) is 7.29. The van der Waals surface area contributed by atoms with Gasteiger partial charge in [0, 0.05) is 0 Å². The number of hydrogen-bond donors (Lipinski definition) is 1. The molecule has 0 bridgehead atoms. The van der Waals surface area contributed by atoms with Crippen molar-refractivity contribution in [2.24, 2.45) is 0 Å². The SMILES string of the molecule is COC(=O)CNCc1ccc(CSC(F)F)o1. The molecule has 0 radical (unpaired) electrons. The molecule has 96 valence electrons. The zero-order valence-corrected chi connectivity index (χ0v) is 10.1. The van der Waals surface area contributed by atoms with Gasteiger partial charge in [-0.2, -0.15) is 8.78 Å². The predicted molar refractivity (Wildman–Crippen MR) is 59.7 cm³/mol. The minimum absolute atomic E-state index is 0.0817. The van der Waals surface area contributed by atoms with Crippen molar-refractivity contribution in [2.45, 2.75) is 18.1 Å². The number of methoxy groups -OCH3 is 1. The zero-order valence-electron chi connectivity index (χ0n) is 9.24. The predicted octanol–water partition coefficient (Wildman–Crippen LogP) is 2.00. The van der Waals surface area contributed by atoms with Crippen LogP contribution in [0.5, 0.6) is 0 Å². The van der Waals surface area contributed by atoms with Gasteiger partial charge in [-0.25, -0.2) is 0 Å². The van der Waals surface area contributed by atoms with E-state index in [1.54, 1.807) is 12.1 Å². The van der Waals surface area contributed by atoms with E-state index in [-0.39, 0.29) is 18.3 Å². The molecule has 1 heterocycles. The average Bonchev–Trinajstić information content (AvgIpc) is 2.74. The van der Waals surface area contributed by atoms with E-state index < -0.39 is 5.76 Å². The van der Waals surface area contributed by atoms with Crippen molar-refractivity contribution in [2.75, 3.05) is 13.7 Å². The summed E-state index contributed by atoms with van der Waals surface area (Å²) in [5.41, 5.74) is 0. The van der Waals surface area contributed by atoms with Crippen LogP contribution in [0.2, 0.25) is 0 Å². The van der Waals surface area contributed by atoms with Gasteiger partial charge in [-0.15, -0.1) is 0 Å². The number of rotatable bonds is 7. The molecule has 1 N–H and O–H groups in total. The zero-order chi connectivity index (χ0) is 12.7. The molecule has 0 aliphatic heterocycles. The Morgan fingerprint density at radius 2 is 2.24 bits per heavy atom. The minimum atomic E-state index is -2.40. The summed E-state index contributed by atoms with van der Waals surface area (Å²) in [6, 6.07) is 3.33. The van der Waals surface area contributed by atoms with Crippen LogP contribution >= 0.6 is 11.8 Å². The summed E-state index contributed by atoms with van der Waals surface area (Å²) >= 11 is 0.508. The van der Waals surface area contributed by atoms with E-state index in [4.69, 9.17) is 4.42 Å². The summed E-state index contributed by atoms with van der Waals surface area (Å²) in [4.78, 5) is 10.8. The Hall–Kier alpha value is -1.08. The molecule has 0 aliphatic rings. The highest BCUT2D eigenvalue weighted by Crippen LogP contribution is 2.21. The third-order valence-electron chi connectivity index (χ3n) is 1.87. The average molecular weight is 265 g/mol. The minimum Gasteiger partial charge on any atom is -0.468 e. The van der Waals surface area contributed by atoms with E-state index in [2.05, 4.69) is 10.1 Å². The lowest BCUT2D eigenvalue weighted by atomic mass is 10.4. The van der Waals surface area contributed by atoms with Crippen LogP contribution in [0.4, 0.5) is 8.78 Å². The molecule has 0 amide bonds. The highest BCUT2D eigenvalue weighted by atomic mass is 32.2. The van der Waals surface area contributed by atoms with Gasteiger partial charge in [0.05, 0.1) is 26.0 Å². The van der Waals surface area contributed by atoms with Crippen molar-refractivity contribution in [3.05, 3.63) is 23.7 Å². The molecule has 0 saturated heterocycles. The van der Waals surface area contributed by atoms with E-state index in [0.29, 0.717) is 29.8 Å². The maximum absolute atomic E-state index is 11.9. The lowest BCUT2D eigenvalue weighted by Gasteiger charge is -2.00. The van der Waals surface area contributed by atoms with E-state index >= 15 is 0 Å². The molecular formula is C10H13F2NO3S. The van der Waals surface area contributed by atoms with Gasteiger partial charge in [0.15, 0.2) is 0 Å². The monoisotopic (exact) mass is 265 g/mol. The summed E-state index contributed by atoms with van der Waals surface area (Å²) in [6.07, 6.45) is 0. The van der Waals surface area contributed by atoms with Gasteiger partial charge in [0.2, 0.25) is 0 Å². The molecule has 0 saturated carbocycles. The molecule has 4 nitrogen and oxygen atoms in total. The third-order valence-corrected chi connectivity index (χ3v) is 2.57. The maximum atomic E-state index is 11.9. The summed E-state index contributed by atoms with van der Waals surface area (Å²) in [5.74, 6) is -1.55. The molecule has 0 fully saturated rings. The van der Waals surface area contributed by atoms with E-state index in [1.165, 1.54) is 7.11 Å². The van der Waals surface area contributed by atoms with Crippen LogP contribution in [0.25, 0.3) is 0 Å². The first-order valence-corrected chi connectivity index (χ1v) is 5.91. The number of carbonyl (C=O) groups excluding carboxylic acids is 1. The summed E-state index contributed by atoms with van der Waals surface area (Å²) in [6.45, 7) is 0.437. The maximum Gasteiger partial charge on any atom is 0.319 e. The Morgan fingerprint density at radius 3 is 2.88 bits per heavy atom. The van der Waals surface area contributed by atoms with Crippen molar-refractivity contribution >= 4 is 17.7 Å². The van der Waals surface area contributed by atoms with Crippen molar-refractivity contribution in [3.63, 3.8) is 0 Å². The first-order valence-electron chi connectivity index (χ1n) is 4.86. The van der Waals surface area contributed by atoms with Crippen LogP contribution < -0.4 is 5.32 Å². The molecule has 0 aromatic carbocycles. The Bertz CT molecular complexity index is 357. The van der Waals surface area contributed by atoms with Crippen LogP contribution in [0, 0.1) is 0 Å². The Balaban J connectivity index is 2.28. The topological polar surface area (TPSA) is 51.5 Å². The molecule has 0 spiro atoms. The summed E-state index contributed by atoms with van der Waals surface area (Å²) in [7, 11) is 1.30. The number of nitrogens with one attached hydrogen (secondary N) is 1. The fourth-order valence-corrected chi connectivity index (χ4v) is 1.55. The number of furan rings is 1. The lowest BCUT2D eigenvalue weighted by Crippen LogP contribution is -2.23. The second-order valence-electron chi connectivity index (χ2n) is 3.12. The quantitative estimate of drug-likeness (QED) is 0.764. The van der Waals surface area contributed by atoms with Crippen LogP contribution in [0.15, 0.2) is 16.5 Å². The van der Waals surface area contributed by atoms with Gasteiger partial charge in [-0.1, -0.05) is 11.8 Å².